The molecule has 0 aromatic heterocycles. The van der Waals surface area contributed by atoms with E-state index in [9.17, 15) is 13.6 Å². The Morgan fingerprint density at radius 1 is 1.17 bits per heavy atom. The molecule has 0 spiro atoms. The number of rotatable bonds is 9. The van der Waals surface area contributed by atoms with E-state index in [1.165, 1.54) is 26.4 Å². The van der Waals surface area contributed by atoms with Crippen molar-refractivity contribution in [2.45, 2.75) is 13.5 Å². The number of carbonyl (C=O) groups excluding carboxylic acids is 1. The van der Waals surface area contributed by atoms with E-state index < -0.39 is 6.61 Å². The Kier molecular flexibility index (Phi) is 10.00. The van der Waals surface area contributed by atoms with Crippen molar-refractivity contribution in [3.63, 3.8) is 0 Å². The van der Waals surface area contributed by atoms with Gasteiger partial charge in [0.15, 0.2) is 11.5 Å². The average molecular weight is 355 g/mol. The molecule has 0 atom stereocenters. The smallest absolute Gasteiger partial charge is 0.387 e. The second-order valence-electron chi connectivity index (χ2n) is 4.20. The van der Waals surface area contributed by atoms with Gasteiger partial charge in [-0.1, -0.05) is 6.92 Å². The lowest BCUT2D eigenvalue weighted by atomic mass is 10.1. The Balaban J connectivity index is 0.00000484. The molecule has 0 bridgehead atoms. The molecule has 23 heavy (non-hydrogen) atoms. The van der Waals surface area contributed by atoms with Crippen LogP contribution in [0.5, 0.6) is 17.2 Å². The monoisotopic (exact) mass is 354 g/mol. The summed E-state index contributed by atoms with van der Waals surface area (Å²) < 4.78 is 39.2. The minimum atomic E-state index is -3.03. The van der Waals surface area contributed by atoms with Gasteiger partial charge in [-0.25, -0.2) is 0 Å². The van der Waals surface area contributed by atoms with Crippen LogP contribution in [0.2, 0.25) is 0 Å². The van der Waals surface area contributed by atoms with Crippen LogP contribution in [0.3, 0.4) is 0 Å². The Morgan fingerprint density at radius 3 is 2.17 bits per heavy atom. The SMILES string of the molecule is CCNCCNC(=O)c1cc(OC)c(OC(F)F)c(OC)c1.Cl. The maximum Gasteiger partial charge on any atom is 0.387 e. The van der Waals surface area contributed by atoms with Crippen molar-refractivity contribution in [3.8, 4) is 17.2 Å². The molecule has 0 saturated carbocycles. The maximum absolute atomic E-state index is 12.4. The number of nitrogens with one attached hydrogen (secondary N) is 2. The summed E-state index contributed by atoms with van der Waals surface area (Å²) in [4.78, 5) is 12.0. The number of likely N-dealkylation sites (N-methyl/N-ethyl adjacent to an activating group) is 1. The number of methoxy groups -OCH3 is 2. The zero-order valence-corrected chi connectivity index (χ0v) is 14.0. The van der Waals surface area contributed by atoms with Gasteiger partial charge >= 0.3 is 6.61 Å². The number of carbonyl (C=O) groups is 1. The van der Waals surface area contributed by atoms with Crippen LogP contribution >= 0.6 is 12.4 Å². The molecule has 6 nitrogen and oxygen atoms in total. The molecule has 1 amide bonds. The quantitative estimate of drug-likeness (QED) is 0.664. The van der Waals surface area contributed by atoms with Gasteiger partial charge in [0.2, 0.25) is 5.75 Å². The van der Waals surface area contributed by atoms with Gasteiger partial charge in [-0.15, -0.1) is 12.4 Å². The molecule has 0 heterocycles. The fraction of sp³-hybridized carbons (Fsp3) is 0.500. The number of alkyl halides is 2. The predicted molar refractivity (Wildman–Crippen MR) is 84.3 cm³/mol. The van der Waals surface area contributed by atoms with Gasteiger partial charge < -0.3 is 24.8 Å². The van der Waals surface area contributed by atoms with Crippen LogP contribution < -0.4 is 24.8 Å². The van der Waals surface area contributed by atoms with Crippen LogP contribution in [0, 0.1) is 0 Å². The first-order valence-electron chi connectivity index (χ1n) is 6.73. The number of ether oxygens (including phenoxy) is 3. The van der Waals surface area contributed by atoms with Crippen molar-refractivity contribution in [1.82, 2.24) is 10.6 Å². The molecule has 0 aliphatic carbocycles. The summed E-state index contributed by atoms with van der Waals surface area (Å²) in [6.45, 7) is 0.800. The van der Waals surface area contributed by atoms with Gasteiger partial charge in [0.1, 0.15) is 0 Å². The highest BCUT2D eigenvalue weighted by Gasteiger charge is 2.20. The van der Waals surface area contributed by atoms with E-state index >= 15 is 0 Å². The van der Waals surface area contributed by atoms with Crippen LogP contribution in [0.25, 0.3) is 0 Å². The number of hydrogen-bond donors (Lipinski definition) is 2. The molecule has 0 radical (unpaired) electrons. The maximum atomic E-state index is 12.4. The lowest BCUT2D eigenvalue weighted by molar-refractivity contribution is -0.0526. The fourth-order valence-electron chi connectivity index (χ4n) is 1.76. The Morgan fingerprint density at radius 2 is 1.74 bits per heavy atom. The van der Waals surface area contributed by atoms with Gasteiger partial charge in [-0.3, -0.25) is 4.79 Å². The van der Waals surface area contributed by atoms with Gasteiger partial charge in [-0.2, -0.15) is 8.78 Å². The van der Waals surface area contributed by atoms with Crippen LogP contribution in [0.4, 0.5) is 8.78 Å². The zero-order chi connectivity index (χ0) is 16.5. The molecule has 1 rings (SSSR count). The molecule has 1 aromatic carbocycles. The molecule has 0 fully saturated rings. The molecule has 0 unspecified atom stereocenters. The molecule has 1 aromatic rings. The zero-order valence-electron chi connectivity index (χ0n) is 13.2. The van der Waals surface area contributed by atoms with Gasteiger partial charge in [-0.05, 0) is 18.7 Å². The number of hydrogen-bond acceptors (Lipinski definition) is 5. The van der Waals surface area contributed by atoms with Crippen molar-refractivity contribution in [2.75, 3.05) is 33.9 Å². The summed E-state index contributed by atoms with van der Waals surface area (Å²) in [5, 5.41) is 5.76. The van der Waals surface area contributed by atoms with E-state index in [1.807, 2.05) is 6.92 Å². The first kappa shape index (κ1) is 21.2. The summed E-state index contributed by atoms with van der Waals surface area (Å²) in [5.74, 6) is -0.615. The van der Waals surface area contributed by atoms with E-state index in [2.05, 4.69) is 15.4 Å². The minimum absolute atomic E-state index is 0. The van der Waals surface area contributed by atoms with E-state index in [4.69, 9.17) is 9.47 Å². The summed E-state index contributed by atoms with van der Waals surface area (Å²) in [7, 11) is 2.58. The third kappa shape index (κ3) is 6.45. The van der Waals surface area contributed by atoms with Crippen LogP contribution in [-0.4, -0.2) is 46.4 Å². The lowest BCUT2D eigenvalue weighted by Gasteiger charge is -2.15. The Bertz CT molecular complexity index is 479. The van der Waals surface area contributed by atoms with Crippen molar-refractivity contribution in [3.05, 3.63) is 17.7 Å². The molecule has 0 saturated heterocycles. The highest BCUT2D eigenvalue weighted by molar-refractivity contribution is 5.95. The van der Waals surface area contributed by atoms with Crippen LogP contribution in [-0.2, 0) is 0 Å². The summed E-state index contributed by atoms with van der Waals surface area (Å²) in [6, 6.07) is 2.64. The Labute approximate surface area is 139 Å². The molecule has 9 heteroatoms. The highest BCUT2D eigenvalue weighted by Crippen LogP contribution is 2.39. The topological polar surface area (TPSA) is 68.8 Å². The molecule has 2 N–H and O–H groups in total. The number of halogens is 3. The third-order valence-corrected chi connectivity index (χ3v) is 2.77. The first-order valence-corrected chi connectivity index (χ1v) is 6.73. The van der Waals surface area contributed by atoms with Crippen molar-refractivity contribution in [1.29, 1.82) is 0 Å². The third-order valence-electron chi connectivity index (χ3n) is 2.77. The minimum Gasteiger partial charge on any atom is -0.493 e. The summed E-state index contributed by atoms with van der Waals surface area (Å²) >= 11 is 0. The molecule has 0 aliphatic heterocycles. The van der Waals surface area contributed by atoms with Crippen molar-refractivity contribution >= 4 is 18.3 Å². The second-order valence-corrected chi connectivity index (χ2v) is 4.20. The summed E-state index contributed by atoms with van der Waals surface area (Å²) in [5.41, 5.74) is 0.229. The van der Waals surface area contributed by atoms with Crippen molar-refractivity contribution in [2.24, 2.45) is 0 Å². The predicted octanol–water partition coefficient (Wildman–Crippen LogP) is 2.07. The molecular formula is C14H21ClF2N2O4. The van der Waals surface area contributed by atoms with E-state index in [0.717, 1.165) is 6.54 Å². The largest absolute Gasteiger partial charge is 0.493 e. The first-order chi connectivity index (χ1) is 10.5. The normalized spacial score (nSPS) is 10.0. The van der Waals surface area contributed by atoms with E-state index in [0.29, 0.717) is 13.1 Å². The average Bonchev–Trinajstić information content (AvgIpc) is 2.50. The number of benzene rings is 1. The van der Waals surface area contributed by atoms with Crippen molar-refractivity contribution < 1.29 is 27.8 Å². The van der Waals surface area contributed by atoms with Crippen LogP contribution in [0.15, 0.2) is 12.1 Å². The van der Waals surface area contributed by atoms with Crippen LogP contribution in [0.1, 0.15) is 17.3 Å². The van der Waals surface area contributed by atoms with Gasteiger partial charge in [0, 0.05) is 18.7 Å². The Hall–Kier alpha value is -1.80. The lowest BCUT2D eigenvalue weighted by Crippen LogP contribution is -2.31. The molecular weight excluding hydrogens is 334 g/mol. The fourth-order valence-corrected chi connectivity index (χ4v) is 1.76. The summed E-state index contributed by atoms with van der Waals surface area (Å²) in [6.07, 6.45) is 0. The van der Waals surface area contributed by atoms with E-state index in [1.54, 1.807) is 0 Å². The number of amides is 1. The standard InChI is InChI=1S/C14H20F2N2O4.ClH/c1-4-17-5-6-18-13(19)9-7-10(20-2)12(22-14(15)16)11(8-9)21-3;/h7-8,14,17H,4-6H2,1-3H3,(H,18,19);1H. The van der Waals surface area contributed by atoms with Gasteiger partial charge in [0.25, 0.3) is 5.91 Å². The van der Waals surface area contributed by atoms with Gasteiger partial charge in [0.05, 0.1) is 14.2 Å². The molecule has 132 valence electrons. The van der Waals surface area contributed by atoms with E-state index in [-0.39, 0.29) is 41.1 Å². The second kappa shape index (κ2) is 10.8. The highest BCUT2D eigenvalue weighted by atomic mass is 35.5. The molecule has 0 aliphatic rings.